The minimum Gasteiger partial charge on any atom is -0.326 e. The molecule has 3 atom stereocenters. The summed E-state index contributed by atoms with van der Waals surface area (Å²) in [6.45, 7) is 9.05. The molecule has 0 saturated carbocycles. The van der Waals surface area contributed by atoms with E-state index in [1.165, 1.54) is 11.3 Å². The Hall–Kier alpha value is -0.380. The molecule has 0 radical (unpaired) electrons. The van der Waals surface area contributed by atoms with Crippen LogP contribution >= 0.6 is 11.3 Å². The maximum Gasteiger partial charge on any atom is 0.0593 e. The van der Waals surface area contributed by atoms with Crippen LogP contribution in [0.4, 0.5) is 0 Å². The lowest BCUT2D eigenvalue weighted by Crippen LogP contribution is -2.43. The smallest absolute Gasteiger partial charge is 0.0593 e. The van der Waals surface area contributed by atoms with Crippen LogP contribution in [0.3, 0.4) is 0 Å². The van der Waals surface area contributed by atoms with Gasteiger partial charge in [0.1, 0.15) is 0 Å². The first-order valence-corrected chi connectivity index (χ1v) is 7.86. The summed E-state index contributed by atoms with van der Waals surface area (Å²) in [7, 11) is 2.22. The molecule has 2 N–H and O–H groups in total. The van der Waals surface area contributed by atoms with Crippen molar-refractivity contribution in [2.75, 3.05) is 7.05 Å². The average molecular weight is 268 g/mol. The highest BCUT2D eigenvalue weighted by atomic mass is 32.1. The zero-order valence-electron chi connectivity index (χ0n) is 12.4. The van der Waals surface area contributed by atoms with Crippen LogP contribution in [0, 0.1) is 5.92 Å². The Morgan fingerprint density at radius 3 is 2.44 bits per heavy atom. The molecule has 2 nitrogen and oxygen atoms in total. The Morgan fingerprint density at radius 2 is 2.00 bits per heavy atom. The number of nitrogens with zero attached hydrogens (tertiary/aromatic N) is 1. The van der Waals surface area contributed by atoms with Crippen LogP contribution < -0.4 is 5.73 Å². The molecule has 0 aliphatic rings. The average Bonchev–Trinajstić information content (AvgIpc) is 2.81. The molecule has 104 valence electrons. The molecular formula is C15H28N2S. The van der Waals surface area contributed by atoms with Gasteiger partial charge >= 0.3 is 0 Å². The van der Waals surface area contributed by atoms with Crippen molar-refractivity contribution in [3.63, 3.8) is 0 Å². The minimum absolute atomic E-state index is 0.211. The van der Waals surface area contributed by atoms with Crippen molar-refractivity contribution in [1.82, 2.24) is 4.90 Å². The predicted octanol–water partition coefficient (Wildman–Crippen LogP) is 3.89. The summed E-state index contributed by atoms with van der Waals surface area (Å²) in [5.41, 5.74) is 6.34. The van der Waals surface area contributed by atoms with Crippen LogP contribution in [-0.4, -0.2) is 24.0 Å². The van der Waals surface area contributed by atoms with Crippen molar-refractivity contribution < 1.29 is 0 Å². The molecule has 0 aromatic carbocycles. The standard InChI is InChI=1S/C15H28N2S/c1-6-13(16)15(14-8-7-9-18-14)17(5)12(4)10-11(2)3/h7-9,11-13,15H,6,10,16H2,1-5H3. The van der Waals surface area contributed by atoms with Crippen LogP contribution in [0.15, 0.2) is 17.5 Å². The van der Waals surface area contributed by atoms with Gasteiger partial charge in [0.15, 0.2) is 0 Å². The van der Waals surface area contributed by atoms with E-state index in [2.05, 4.69) is 57.2 Å². The molecule has 0 aliphatic carbocycles. The fraction of sp³-hybridized carbons (Fsp3) is 0.733. The van der Waals surface area contributed by atoms with Gasteiger partial charge < -0.3 is 5.73 Å². The Labute approximate surface area is 116 Å². The molecule has 0 amide bonds. The van der Waals surface area contributed by atoms with Crippen LogP contribution in [0.2, 0.25) is 0 Å². The van der Waals surface area contributed by atoms with Gasteiger partial charge in [-0.15, -0.1) is 11.3 Å². The Kier molecular flexibility index (Phi) is 6.33. The van der Waals surface area contributed by atoms with Crippen LogP contribution in [0.1, 0.15) is 51.5 Å². The van der Waals surface area contributed by atoms with E-state index < -0.39 is 0 Å². The number of hydrogen-bond acceptors (Lipinski definition) is 3. The zero-order chi connectivity index (χ0) is 13.7. The van der Waals surface area contributed by atoms with Crippen molar-refractivity contribution in [3.05, 3.63) is 22.4 Å². The third-order valence-corrected chi connectivity index (χ3v) is 4.60. The molecule has 0 fully saturated rings. The highest BCUT2D eigenvalue weighted by Crippen LogP contribution is 2.30. The molecule has 0 aliphatic heterocycles. The molecule has 1 aromatic heterocycles. The zero-order valence-corrected chi connectivity index (χ0v) is 13.2. The third kappa shape index (κ3) is 4.08. The van der Waals surface area contributed by atoms with Crippen molar-refractivity contribution >= 4 is 11.3 Å². The van der Waals surface area contributed by atoms with Crippen LogP contribution in [0.25, 0.3) is 0 Å². The summed E-state index contributed by atoms with van der Waals surface area (Å²) >= 11 is 1.82. The normalized spacial score (nSPS) is 17.1. The van der Waals surface area contributed by atoms with Crippen molar-refractivity contribution in [3.8, 4) is 0 Å². The monoisotopic (exact) mass is 268 g/mol. The van der Waals surface area contributed by atoms with Crippen molar-refractivity contribution in [2.45, 2.75) is 58.7 Å². The number of nitrogens with two attached hydrogens (primary N) is 1. The first kappa shape index (κ1) is 15.7. The highest BCUT2D eigenvalue weighted by Gasteiger charge is 2.27. The number of likely N-dealkylation sites (N-methyl/N-ethyl adjacent to an activating group) is 1. The summed E-state index contributed by atoms with van der Waals surface area (Å²) < 4.78 is 0. The second kappa shape index (κ2) is 7.27. The molecule has 1 aromatic rings. The number of rotatable bonds is 7. The Balaban J connectivity index is 2.83. The maximum absolute atomic E-state index is 6.34. The van der Waals surface area contributed by atoms with Crippen molar-refractivity contribution in [1.29, 1.82) is 0 Å². The Morgan fingerprint density at radius 1 is 1.33 bits per heavy atom. The second-order valence-corrected chi connectivity index (χ2v) is 6.66. The summed E-state index contributed by atoms with van der Waals surface area (Å²) in [6.07, 6.45) is 2.23. The van der Waals surface area contributed by atoms with Crippen LogP contribution in [0.5, 0.6) is 0 Å². The molecule has 3 unspecified atom stereocenters. The molecule has 0 bridgehead atoms. The summed E-state index contributed by atoms with van der Waals surface area (Å²) in [5.74, 6) is 0.726. The lowest BCUT2D eigenvalue weighted by molar-refractivity contribution is 0.144. The summed E-state index contributed by atoms with van der Waals surface area (Å²) in [6, 6.07) is 5.46. The van der Waals surface area contributed by atoms with E-state index >= 15 is 0 Å². The quantitative estimate of drug-likeness (QED) is 0.813. The van der Waals surface area contributed by atoms with Gasteiger partial charge in [0.05, 0.1) is 6.04 Å². The predicted molar refractivity (Wildman–Crippen MR) is 82.0 cm³/mol. The lowest BCUT2D eigenvalue weighted by atomic mass is 9.98. The molecule has 0 saturated heterocycles. The second-order valence-electron chi connectivity index (χ2n) is 5.68. The molecule has 0 spiro atoms. The van der Waals surface area contributed by atoms with Gasteiger partial charge in [-0.05, 0) is 44.2 Å². The molecule has 3 heteroatoms. The van der Waals surface area contributed by atoms with E-state index in [4.69, 9.17) is 5.73 Å². The molecule has 1 heterocycles. The van der Waals surface area contributed by atoms with Gasteiger partial charge in [-0.1, -0.05) is 26.8 Å². The molecular weight excluding hydrogens is 240 g/mol. The highest BCUT2D eigenvalue weighted by molar-refractivity contribution is 7.10. The summed E-state index contributed by atoms with van der Waals surface area (Å²) in [4.78, 5) is 3.85. The van der Waals surface area contributed by atoms with E-state index in [1.807, 2.05) is 11.3 Å². The SMILES string of the molecule is CCC(N)C(c1cccs1)N(C)C(C)CC(C)C. The number of hydrogen-bond donors (Lipinski definition) is 1. The maximum atomic E-state index is 6.34. The van der Waals surface area contributed by atoms with E-state index in [1.54, 1.807) is 0 Å². The lowest BCUT2D eigenvalue weighted by Gasteiger charge is -2.36. The fourth-order valence-corrected chi connectivity index (χ4v) is 3.47. The van der Waals surface area contributed by atoms with Gasteiger partial charge in [-0.25, -0.2) is 0 Å². The largest absolute Gasteiger partial charge is 0.326 e. The van der Waals surface area contributed by atoms with Gasteiger partial charge in [-0.3, -0.25) is 4.90 Å². The molecule has 18 heavy (non-hydrogen) atoms. The van der Waals surface area contributed by atoms with E-state index in [0.717, 1.165) is 12.3 Å². The third-order valence-electron chi connectivity index (χ3n) is 3.66. The van der Waals surface area contributed by atoms with Crippen molar-refractivity contribution in [2.24, 2.45) is 11.7 Å². The van der Waals surface area contributed by atoms with E-state index in [0.29, 0.717) is 12.1 Å². The van der Waals surface area contributed by atoms with E-state index in [-0.39, 0.29) is 6.04 Å². The van der Waals surface area contributed by atoms with Crippen LogP contribution in [-0.2, 0) is 0 Å². The fourth-order valence-electron chi connectivity index (χ4n) is 2.52. The first-order chi connectivity index (χ1) is 8.47. The number of thiophene rings is 1. The van der Waals surface area contributed by atoms with Gasteiger partial charge in [0.25, 0.3) is 0 Å². The topological polar surface area (TPSA) is 29.3 Å². The first-order valence-electron chi connectivity index (χ1n) is 6.98. The van der Waals surface area contributed by atoms with Gasteiger partial charge in [0, 0.05) is 17.0 Å². The molecule has 1 rings (SSSR count). The minimum atomic E-state index is 0.211. The Bertz CT molecular complexity index is 321. The van der Waals surface area contributed by atoms with Gasteiger partial charge in [0.2, 0.25) is 0 Å². The van der Waals surface area contributed by atoms with E-state index in [9.17, 15) is 0 Å². The summed E-state index contributed by atoms with van der Waals surface area (Å²) in [5, 5.41) is 2.14. The van der Waals surface area contributed by atoms with Gasteiger partial charge in [-0.2, -0.15) is 0 Å².